The maximum absolute atomic E-state index is 13.4. The summed E-state index contributed by atoms with van der Waals surface area (Å²) < 4.78 is 0. The lowest BCUT2D eigenvalue weighted by Gasteiger charge is -2.28. The van der Waals surface area contributed by atoms with Crippen LogP contribution >= 0.6 is 12.6 Å². The number of carboxylic acids is 2. The highest BCUT2D eigenvalue weighted by Crippen LogP contribution is 2.08. The van der Waals surface area contributed by atoms with Crippen molar-refractivity contribution in [3.63, 3.8) is 0 Å². The molecule has 0 aliphatic rings. The van der Waals surface area contributed by atoms with Crippen LogP contribution in [0.4, 0.5) is 0 Å². The van der Waals surface area contributed by atoms with Crippen LogP contribution in [-0.2, 0) is 47.9 Å². The molecule has 0 aliphatic carbocycles. The van der Waals surface area contributed by atoms with Crippen molar-refractivity contribution < 1.29 is 58.2 Å². The molecule has 0 saturated carbocycles. The van der Waals surface area contributed by atoms with Crippen LogP contribution < -0.4 is 48.7 Å². The van der Waals surface area contributed by atoms with Gasteiger partial charge in [-0.2, -0.15) is 12.6 Å². The van der Waals surface area contributed by atoms with Gasteiger partial charge in [0.15, 0.2) is 0 Å². The van der Waals surface area contributed by atoms with Crippen molar-refractivity contribution in [1.82, 2.24) is 37.2 Å². The molecular weight excluding hydrogens is 686 g/mol. The summed E-state index contributed by atoms with van der Waals surface area (Å²) in [5.74, 6) is -11.3. The zero-order valence-electron chi connectivity index (χ0n) is 28.1. The molecule has 0 aromatic heterocycles. The number of nitrogens with one attached hydrogen (secondary N) is 7. The summed E-state index contributed by atoms with van der Waals surface area (Å²) in [6.45, 7) is 4.65. The van der Waals surface area contributed by atoms with Gasteiger partial charge in [-0.05, 0) is 18.3 Å². The minimum absolute atomic E-state index is 0.256. The van der Waals surface area contributed by atoms with Gasteiger partial charge in [0.25, 0.3) is 0 Å². The molecule has 50 heavy (non-hydrogen) atoms. The average molecular weight is 734 g/mol. The lowest BCUT2D eigenvalue weighted by Crippen LogP contribution is -2.61. The van der Waals surface area contributed by atoms with Gasteiger partial charge in [0, 0.05) is 12.2 Å². The Labute approximate surface area is 292 Å². The summed E-state index contributed by atoms with van der Waals surface area (Å²) in [4.78, 5) is 122. The SMILES string of the molecule is CC(C)[C@H](NC(=O)CNC(=O)CN)C(=O)N[C@@H](CS)C(=O)N[C@H](C(=O)N[C@@H](CCC(N)=O)C(=O)N[C@@H](CC(=O)O)C(=O)NCC(=O)O)C(C)C. The van der Waals surface area contributed by atoms with Gasteiger partial charge in [-0.3, -0.25) is 47.9 Å². The molecule has 13 N–H and O–H groups in total. The fraction of sp³-hybridized carbons (Fsp3) is 0.643. The molecule has 282 valence electrons. The number of carboxylic acid groups (broad SMARTS) is 2. The molecule has 0 fully saturated rings. The lowest BCUT2D eigenvalue weighted by molar-refractivity contribution is -0.142. The molecule has 0 saturated heterocycles. The van der Waals surface area contributed by atoms with Gasteiger partial charge in [-0.15, -0.1) is 0 Å². The molecule has 22 heteroatoms. The van der Waals surface area contributed by atoms with Gasteiger partial charge in [0.2, 0.25) is 47.3 Å². The van der Waals surface area contributed by atoms with Crippen LogP contribution in [0.5, 0.6) is 0 Å². The fourth-order valence-corrected chi connectivity index (χ4v) is 4.27. The molecule has 0 rings (SSSR count). The number of hydrogen-bond acceptors (Lipinski definition) is 12. The number of amides is 8. The van der Waals surface area contributed by atoms with Gasteiger partial charge in [0.1, 0.15) is 36.8 Å². The number of carbonyl (C=O) groups excluding carboxylic acids is 8. The third-order valence-corrected chi connectivity index (χ3v) is 7.06. The first kappa shape index (κ1) is 45.0. The first-order valence-corrected chi connectivity index (χ1v) is 15.9. The molecule has 21 nitrogen and oxygen atoms in total. The van der Waals surface area contributed by atoms with Crippen molar-refractivity contribution in [2.45, 2.75) is 77.2 Å². The molecular formula is C28H47N9O12S. The molecule has 0 aliphatic heterocycles. The van der Waals surface area contributed by atoms with Gasteiger partial charge in [0.05, 0.1) is 19.5 Å². The van der Waals surface area contributed by atoms with Crippen LogP contribution in [-0.4, -0.2) is 125 Å². The Hall–Kier alpha value is -4.99. The predicted molar refractivity (Wildman–Crippen MR) is 177 cm³/mol. The minimum Gasteiger partial charge on any atom is -0.481 e. The molecule has 0 bridgehead atoms. The molecule has 0 unspecified atom stereocenters. The number of hydrogen-bond donors (Lipinski definition) is 12. The Balaban J connectivity index is 5.90. The largest absolute Gasteiger partial charge is 0.481 e. The van der Waals surface area contributed by atoms with E-state index in [-0.39, 0.29) is 12.3 Å². The van der Waals surface area contributed by atoms with Gasteiger partial charge in [-0.1, -0.05) is 27.7 Å². The summed E-state index contributed by atoms with van der Waals surface area (Å²) in [7, 11) is 0. The van der Waals surface area contributed by atoms with Crippen LogP contribution in [0.3, 0.4) is 0 Å². The zero-order valence-corrected chi connectivity index (χ0v) is 29.0. The Kier molecular flexibility index (Phi) is 20.4. The van der Waals surface area contributed by atoms with Crippen LogP contribution in [0.2, 0.25) is 0 Å². The Morgan fingerprint density at radius 2 is 1.10 bits per heavy atom. The quantitative estimate of drug-likeness (QED) is 0.0437. The highest BCUT2D eigenvalue weighted by atomic mass is 32.1. The summed E-state index contributed by atoms with van der Waals surface area (Å²) in [6.07, 6.45) is -1.80. The normalized spacial score (nSPS) is 13.8. The first-order chi connectivity index (χ1) is 23.2. The molecule has 0 spiro atoms. The van der Waals surface area contributed by atoms with Crippen LogP contribution in [0.15, 0.2) is 0 Å². The second kappa shape index (κ2) is 22.6. The Morgan fingerprint density at radius 3 is 1.56 bits per heavy atom. The van der Waals surface area contributed by atoms with Crippen molar-refractivity contribution in [1.29, 1.82) is 0 Å². The standard InChI is InChI=1S/C28H47N9O12S/c1-12(2)22(36-19(40)9-31-18(39)8-29)27(48)35-16(11-50)26(47)37-23(13(3)4)28(49)33-14(5-6-17(30)38)25(46)34-15(7-20(41)42)24(45)32-10-21(43)44/h12-16,22-23,50H,5-11,29H2,1-4H3,(H2,30,38)(H,31,39)(H,32,45)(H,33,49)(H,34,46)(H,35,48)(H,36,40)(H,37,47)(H,41,42)(H,43,44)/t14-,15-,16-,22-,23-/m0/s1. The third kappa shape index (κ3) is 17.4. The van der Waals surface area contributed by atoms with E-state index in [2.05, 4.69) is 44.5 Å². The lowest BCUT2D eigenvalue weighted by atomic mass is 10.0. The monoisotopic (exact) mass is 733 g/mol. The van der Waals surface area contributed by atoms with E-state index in [0.29, 0.717) is 0 Å². The molecule has 0 radical (unpaired) electrons. The number of aliphatic carboxylic acids is 2. The summed E-state index contributed by atoms with van der Waals surface area (Å²) >= 11 is 4.11. The smallest absolute Gasteiger partial charge is 0.322 e. The second-order valence-electron chi connectivity index (χ2n) is 11.6. The first-order valence-electron chi connectivity index (χ1n) is 15.3. The minimum atomic E-state index is -1.77. The van der Waals surface area contributed by atoms with E-state index >= 15 is 0 Å². The fourth-order valence-electron chi connectivity index (χ4n) is 4.01. The van der Waals surface area contributed by atoms with Gasteiger partial charge >= 0.3 is 11.9 Å². The summed E-state index contributed by atoms with van der Waals surface area (Å²) in [5.41, 5.74) is 10.4. The van der Waals surface area contributed by atoms with E-state index in [1.54, 1.807) is 27.7 Å². The third-order valence-electron chi connectivity index (χ3n) is 6.70. The predicted octanol–water partition coefficient (Wildman–Crippen LogP) is -5.33. The Bertz CT molecular complexity index is 1280. The topological polar surface area (TPSA) is 347 Å². The Morgan fingerprint density at radius 1 is 0.600 bits per heavy atom. The van der Waals surface area contributed by atoms with E-state index in [9.17, 15) is 53.1 Å². The average Bonchev–Trinajstić information content (AvgIpc) is 3.02. The summed E-state index contributed by atoms with van der Waals surface area (Å²) in [6, 6.07) is -7.17. The van der Waals surface area contributed by atoms with Crippen molar-refractivity contribution >= 4 is 71.8 Å². The number of thiol groups is 1. The zero-order chi connectivity index (χ0) is 38.7. The van der Waals surface area contributed by atoms with E-state index in [1.807, 2.05) is 5.32 Å². The molecule has 0 heterocycles. The molecule has 8 amide bonds. The second-order valence-corrected chi connectivity index (χ2v) is 11.9. The molecule has 5 atom stereocenters. The van der Waals surface area contributed by atoms with Crippen LogP contribution in [0, 0.1) is 11.8 Å². The van der Waals surface area contributed by atoms with E-state index < -0.39 is 134 Å². The van der Waals surface area contributed by atoms with Crippen molar-refractivity contribution in [2.75, 3.05) is 25.4 Å². The number of carbonyl (C=O) groups is 10. The number of primary amides is 1. The van der Waals surface area contributed by atoms with Crippen LogP contribution in [0.25, 0.3) is 0 Å². The maximum atomic E-state index is 13.4. The van der Waals surface area contributed by atoms with Gasteiger partial charge in [-0.25, -0.2) is 0 Å². The van der Waals surface area contributed by atoms with Gasteiger partial charge < -0.3 is 58.9 Å². The van der Waals surface area contributed by atoms with E-state index in [4.69, 9.17) is 16.6 Å². The van der Waals surface area contributed by atoms with Crippen LogP contribution in [0.1, 0.15) is 47.0 Å². The van der Waals surface area contributed by atoms with Crippen molar-refractivity contribution in [3.8, 4) is 0 Å². The number of rotatable bonds is 23. The molecule has 0 aromatic carbocycles. The highest BCUT2D eigenvalue weighted by molar-refractivity contribution is 7.80. The number of nitrogens with two attached hydrogens (primary N) is 2. The maximum Gasteiger partial charge on any atom is 0.322 e. The highest BCUT2D eigenvalue weighted by Gasteiger charge is 2.34. The van der Waals surface area contributed by atoms with E-state index in [0.717, 1.165) is 0 Å². The van der Waals surface area contributed by atoms with Crippen molar-refractivity contribution in [3.05, 3.63) is 0 Å². The van der Waals surface area contributed by atoms with Crippen molar-refractivity contribution in [2.24, 2.45) is 23.3 Å². The van der Waals surface area contributed by atoms with E-state index in [1.165, 1.54) is 0 Å². The molecule has 0 aromatic rings. The summed E-state index contributed by atoms with van der Waals surface area (Å²) in [5, 5.41) is 34.0.